The van der Waals surface area contributed by atoms with Crippen molar-refractivity contribution in [1.82, 2.24) is 10.3 Å². The number of nitrogens with zero attached hydrogens (tertiary/aromatic N) is 2. The van der Waals surface area contributed by atoms with Gasteiger partial charge in [0.2, 0.25) is 0 Å². The maximum Gasteiger partial charge on any atom is 0.160 e. The normalized spacial score (nSPS) is 23.8. The molecule has 0 radical (unpaired) electrons. The van der Waals surface area contributed by atoms with E-state index in [1.54, 1.807) is 14.2 Å². The number of anilines is 1. The Morgan fingerprint density at radius 2 is 1.94 bits per heavy atom. The molecule has 32 heavy (non-hydrogen) atoms. The number of methoxy groups -OCH3 is 2. The Morgan fingerprint density at radius 1 is 1.06 bits per heavy atom. The van der Waals surface area contributed by atoms with Crippen molar-refractivity contribution in [2.24, 2.45) is 10.5 Å². The Kier molecular flexibility index (Phi) is 5.70. The fourth-order valence-electron chi connectivity index (χ4n) is 5.27. The molecule has 2 atom stereocenters. The van der Waals surface area contributed by atoms with Crippen molar-refractivity contribution in [3.8, 4) is 11.5 Å². The zero-order valence-corrected chi connectivity index (χ0v) is 18.7. The SMILES string of the molecule is COc1ccc(C[C@@]23CCN[C@H]2CC(=NNc2ccc4ccccc4n2)CC3)cc1OC. The molecule has 0 unspecified atom stereocenters. The van der Waals surface area contributed by atoms with Crippen LogP contribution in [0.1, 0.15) is 31.2 Å². The average molecular weight is 431 g/mol. The van der Waals surface area contributed by atoms with E-state index in [4.69, 9.17) is 14.6 Å². The van der Waals surface area contributed by atoms with Crippen molar-refractivity contribution in [2.75, 3.05) is 26.2 Å². The molecule has 166 valence electrons. The molecule has 1 aliphatic carbocycles. The monoisotopic (exact) mass is 430 g/mol. The fraction of sp³-hybridized carbons (Fsp3) is 0.385. The number of hydrogen-bond donors (Lipinski definition) is 2. The van der Waals surface area contributed by atoms with Crippen LogP contribution in [-0.4, -0.2) is 37.5 Å². The Hall–Kier alpha value is -3.12. The molecule has 5 rings (SSSR count). The number of benzene rings is 2. The zero-order valence-electron chi connectivity index (χ0n) is 18.7. The molecule has 2 aromatic carbocycles. The summed E-state index contributed by atoms with van der Waals surface area (Å²) in [4.78, 5) is 4.67. The lowest BCUT2D eigenvalue weighted by Gasteiger charge is -2.40. The van der Waals surface area contributed by atoms with Crippen LogP contribution in [0.5, 0.6) is 11.5 Å². The lowest BCUT2D eigenvalue weighted by molar-refractivity contribution is 0.216. The van der Waals surface area contributed by atoms with Crippen LogP contribution in [0.2, 0.25) is 0 Å². The van der Waals surface area contributed by atoms with Gasteiger partial charge in [0.1, 0.15) is 5.82 Å². The third kappa shape index (κ3) is 4.02. The lowest BCUT2D eigenvalue weighted by Crippen LogP contribution is -2.44. The van der Waals surface area contributed by atoms with E-state index in [1.165, 1.54) is 17.7 Å². The van der Waals surface area contributed by atoms with Crippen molar-refractivity contribution in [3.63, 3.8) is 0 Å². The second-order valence-corrected chi connectivity index (χ2v) is 8.87. The highest BCUT2D eigenvalue weighted by atomic mass is 16.5. The van der Waals surface area contributed by atoms with Gasteiger partial charge in [-0.2, -0.15) is 5.10 Å². The van der Waals surface area contributed by atoms with Crippen LogP contribution in [0.4, 0.5) is 5.82 Å². The molecule has 3 aromatic rings. The number of nitrogens with one attached hydrogen (secondary N) is 2. The van der Waals surface area contributed by atoms with Crippen LogP contribution in [0.3, 0.4) is 0 Å². The third-order valence-corrected chi connectivity index (χ3v) is 7.04. The number of fused-ring (bicyclic) bond motifs is 2. The lowest BCUT2D eigenvalue weighted by atomic mass is 9.67. The maximum absolute atomic E-state index is 5.52. The number of ether oxygens (including phenoxy) is 2. The van der Waals surface area contributed by atoms with Gasteiger partial charge in [-0.05, 0) is 73.5 Å². The maximum atomic E-state index is 5.52. The summed E-state index contributed by atoms with van der Waals surface area (Å²) in [5.74, 6) is 2.37. The van der Waals surface area contributed by atoms with Crippen LogP contribution in [0.15, 0.2) is 59.7 Å². The van der Waals surface area contributed by atoms with E-state index in [2.05, 4.69) is 40.0 Å². The van der Waals surface area contributed by atoms with Gasteiger partial charge in [-0.1, -0.05) is 24.3 Å². The highest BCUT2D eigenvalue weighted by Crippen LogP contribution is 2.45. The topological polar surface area (TPSA) is 67.8 Å². The van der Waals surface area contributed by atoms with E-state index in [0.29, 0.717) is 6.04 Å². The Bertz CT molecular complexity index is 1150. The van der Waals surface area contributed by atoms with Gasteiger partial charge in [0, 0.05) is 23.6 Å². The van der Waals surface area contributed by atoms with E-state index in [0.717, 1.165) is 60.4 Å². The molecular formula is C26H30N4O2. The Morgan fingerprint density at radius 3 is 2.81 bits per heavy atom. The van der Waals surface area contributed by atoms with Gasteiger partial charge in [0.05, 0.1) is 19.7 Å². The predicted octanol–water partition coefficient (Wildman–Crippen LogP) is 4.79. The molecule has 1 saturated carbocycles. The van der Waals surface area contributed by atoms with E-state index >= 15 is 0 Å². The quantitative estimate of drug-likeness (QED) is 0.550. The Labute approximate surface area is 189 Å². The van der Waals surface area contributed by atoms with Gasteiger partial charge in [0.15, 0.2) is 11.5 Å². The summed E-state index contributed by atoms with van der Waals surface area (Å²) in [5, 5.41) is 9.62. The minimum Gasteiger partial charge on any atom is -0.493 e. The second-order valence-electron chi connectivity index (χ2n) is 8.87. The molecule has 1 aromatic heterocycles. The summed E-state index contributed by atoms with van der Waals surface area (Å²) < 4.78 is 10.9. The molecule has 6 nitrogen and oxygen atoms in total. The number of pyridine rings is 1. The second kappa shape index (κ2) is 8.79. The molecule has 0 spiro atoms. The van der Waals surface area contributed by atoms with Crippen molar-refractivity contribution >= 4 is 22.4 Å². The number of rotatable bonds is 6. The van der Waals surface area contributed by atoms with Crippen LogP contribution >= 0.6 is 0 Å². The van der Waals surface area contributed by atoms with Crippen LogP contribution in [0, 0.1) is 5.41 Å². The minimum absolute atomic E-state index is 0.264. The van der Waals surface area contributed by atoms with Crippen LogP contribution in [0.25, 0.3) is 10.9 Å². The molecule has 6 heteroatoms. The number of para-hydroxylation sites is 1. The molecule has 2 aliphatic rings. The van der Waals surface area contributed by atoms with Gasteiger partial charge >= 0.3 is 0 Å². The smallest absolute Gasteiger partial charge is 0.160 e. The van der Waals surface area contributed by atoms with E-state index in [-0.39, 0.29) is 5.41 Å². The van der Waals surface area contributed by atoms with Crippen LogP contribution < -0.4 is 20.2 Å². The minimum atomic E-state index is 0.264. The number of hydrogen-bond acceptors (Lipinski definition) is 6. The molecular weight excluding hydrogens is 400 g/mol. The first kappa shape index (κ1) is 20.8. The van der Waals surface area contributed by atoms with Crippen LogP contribution in [-0.2, 0) is 6.42 Å². The van der Waals surface area contributed by atoms with E-state index in [1.807, 2.05) is 30.3 Å². The van der Waals surface area contributed by atoms with Gasteiger partial charge in [-0.25, -0.2) is 4.98 Å². The summed E-state index contributed by atoms with van der Waals surface area (Å²) in [5.41, 5.74) is 6.95. The summed E-state index contributed by atoms with van der Waals surface area (Å²) in [7, 11) is 3.37. The number of aromatic nitrogens is 1. The molecule has 2 fully saturated rings. The Balaban J connectivity index is 1.29. The van der Waals surface area contributed by atoms with Crippen molar-refractivity contribution in [2.45, 2.75) is 38.1 Å². The van der Waals surface area contributed by atoms with Gasteiger partial charge in [0.25, 0.3) is 0 Å². The first-order valence-corrected chi connectivity index (χ1v) is 11.3. The fourth-order valence-corrected chi connectivity index (χ4v) is 5.27. The summed E-state index contributed by atoms with van der Waals surface area (Å²) in [6.45, 7) is 1.06. The van der Waals surface area contributed by atoms with Gasteiger partial charge in [-0.15, -0.1) is 0 Å². The average Bonchev–Trinajstić information content (AvgIpc) is 3.25. The van der Waals surface area contributed by atoms with Crippen molar-refractivity contribution in [3.05, 3.63) is 60.2 Å². The van der Waals surface area contributed by atoms with E-state index < -0.39 is 0 Å². The molecule has 1 aliphatic heterocycles. The van der Waals surface area contributed by atoms with Crippen molar-refractivity contribution < 1.29 is 9.47 Å². The molecule has 1 saturated heterocycles. The highest BCUT2D eigenvalue weighted by Gasteiger charge is 2.45. The van der Waals surface area contributed by atoms with Crippen molar-refractivity contribution in [1.29, 1.82) is 0 Å². The first-order valence-electron chi connectivity index (χ1n) is 11.3. The summed E-state index contributed by atoms with van der Waals surface area (Å²) in [6.07, 6.45) is 5.33. The van der Waals surface area contributed by atoms with Gasteiger partial charge < -0.3 is 14.8 Å². The molecule has 0 amide bonds. The zero-order chi connectivity index (χ0) is 22.0. The largest absolute Gasteiger partial charge is 0.493 e. The first-order chi connectivity index (χ1) is 15.7. The third-order valence-electron chi connectivity index (χ3n) is 7.04. The molecule has 2 heterocycles. The molecule has 2 N–H and O–H groups in total. The van der Waals surface area contributed by atoms with E-state index in [9.17, 15) is 0 Å². The predicted molar refractivity (Wildman–Crippen MR) is 129 cm³/mol. The van der Waals surface area contributed by atoms with Gasteiger partial charge in [-0.3, -0.25) is 5.43 Å². The highest BCUT2D eigenvalue weighted by molar-refractivity contribution is 5.87. The number of hydrazone groups is 1. The summed E-state index contributed by atoms with van der Waals surface area (Å²) >= 11 is 0. The summed E-state index contributed by atoms with van der Waals surface area (Å²) in [6, 6.07) is 19.0. The standard InChI is InChI=1S/C26H30N4O2/c1-31-22-9-7-18(15-23(22)32-2)17-26-12-11-20(16-24(26)27-14-13-26)29-30-25-10-8-19-5-3-4-6-21(19)28-25/h3-10,15,24,27H,11-14,16-17H2,1-2H3,(H,28,30)/t24-,26+/m0/s1. The molecule has 0 bridgehead atoms.